The van der Waals surface area contributed by atoms with E-state index in [4.69, 9.17) is 11.6 Å². The van der Waals surface area contributed by atoms with Gasteiger partial charge < -0.3 is 10.3 Å². The molecule has 1 saturated heterocycles. The second-order valence-electron chi connectivity index (χ2n) is 8.17. The van der Waals surface area contributed by atoms with E-state index in [1.807, 2.05) is 20.8 Å². The number of hydrogen-bond donors (Lipinski definition) is 2. The molecule has 1 amide bonds. The Labute approximate surface area is 164 Å². The third-order valence-electron chi connectivity index (χ3n) is 4.49. The SMILES string of the molecule is CC(C)(C)NC(=O)CN1CCCN(Cc2nc3c(Cl)cc(F)cc3[nH]2)CC1. The van der Waals surface area contributed by atoms with Gasteiger partial charge in [-0.25, -0.2) is 9.37 Å². The van der Waals surface area contributed by atoms with Crippen LogP contribution in [-0.4, -0.2) is 63.9 Å². The van der Waals surface area contributed by atoms with Crippen LogP contribution in [0.5, 0.6) is 0 Å². The summed E-state index contributed by atoms with van der Waals surface area (Å²) < 4.78 is 13.5. The van der Waals surface area contributed by atoms with Gasteiger partial charge in [-0.1, -0.05) is 11.6 Å². The van der Waals surface area contributed by atoms with Crippen molar-refractivity contribution in [3.8, 4) is 0 Å². The Morgan fingerprint density at radius 1 is 1.26 bits per heavy atom. The number of carbonyl (C=O) groups excluding carboxylic acids is 1. The molecule has 27 heavy (non-hydrogen) atoms. The van der Waals surface area contributed by atoms with E-state index in [1.165, 1.54) is 12.1 Å². The zero-order valence-corrected chi connectivity index (χ0v) is 16.9. The number of amides is 1. The summed E-state index contributed by atoms with van der Waals surface area (Å²) in [6.45, 7) is 10.5. The molecular weight excluding hydrogens is 369 g/mol. The summed E-state index contributed by atoms with van der Waals surface area (Å²) in [6.07, 6.45) is 0.985. The number of aromatic nitrogens is 2. The standard InChI is InChI=1S/C19H27ClFN5O/c1-19(2,3)24-17(27)12-26-6-4-5-25(7-8-26)11-16-22-15-10-13(21)9-14(20)18(15)23-16/h9-10H,4-8,11-12H2,1-3H3,(H,22,23)(H,24,27). The van der Waals surface area contributed by atoms with Crippen LogP contribution in [0.4, 0.5) is 4.39 Å². The summed E-state index contributed by atoms with van der Waals surface area (Å²) in [6, 6.07) is 2.69. The van der Waals surface area contributed by atoms with Crippen molar-refractivity contribution in [3.63, 3.8) is 0 Å². The van der Waals surface area contributed by atoms with Gasteiger partial charge in [0.05, 0.1) is 23.6 Å². The minimum atomic E-state index is -0.373. The van der Waals surface area contributed by atoms with Crippen molar-refractivity contribution in [1.29, 1.82) is 0 Å². The highest BCUT2D eigenvalue weighted by Gasteiger charge is 2.20. The number of nitrogens with one attached hydrogen (secondary N) is 2. The van der Waals surface area contributed by atoms with E-state index in [2.05, 4.69) is 25.1 Å². The Morgan fingerprint density at radius 2 is 1.96 bits per heavy atom. The van der Waals surface area contributed by atoms with Crippen LogP contribution in [0.3, 0.4) is 0 Å². The third-order valence-corrected chi connectivity index (χ3v) is 4.78. The van der Waals surface area contributed by atoms with Crippen molar-refractivity contribution >= 4 is 28.5 Å². The van der Waals surface area contributed by atoms with E-state index in [0.29, 0.717) is 29.1 Å². The number of carbonyl (C=O) groups is 1. The van der Waals surface area contributed by atoms with Crippen LogP contribution in [0, 0.1) is 5.82 Å². The Kier molecular flexibility index (Phi) is 6.03. The third kappa shape index (κ3) is 5.64. The van der Waals surface area contributed by atoms with Crippen LogP contribution in [0.25, 0.3) is 11.0 Å². The molecule has 0 spiro atoms. The molecule has 6 nitrogen and oxygen atoms in total. The molecule has 0 bridgehead atoms. The number of nitrogens with zero attached hydrogens (tertiary/aromatic N) is 3. The minimum Gasteiger partial charge on any atom is -0.350 e. The largest absolute Gasteiger partial charge is 0.350 e. The first-order chi connectivity index (χ1) is 12.7. The maximum atomic E-state index is 13.5. The Hall–Kier alpha value is -1.70. The van der Waals surface area contributed by atoms with Gasteiger partial charge in [0, 0.05) is 18.6 Å². The first kappa shape index (κ1) is 20.0. The normalized spacial score (nSPS) is 17.2. The lowest BCUT2D eigenvalue weighted by Crippen LogP contribution is -2.46. The lowest BCUT2D eigenvalue weighted by molar-refractivity contribution is -0.123. The average molecular weight is 396 g/mol. The van der Waals surface area contributed by atoms with Crippen molar-refractivity contribution in [2.75, 3.05) is 32.7 Å². The van der Waals surface area contributed by atoms with E-state index in [1.54, 1.807) is 0 Å². The number of rotatable bonds is 4. The molecule has 1 aromatic heterocycles. The summed E-state index contributed by atoms with van der Waals surface area (Å²) in [4.78, 5) is 24.3. The minimum absolute atomic E-state index is 0.0601. The lowest BCUT2D eigenvalue weighted by Gasteiger charge is -2.24. The number of H-pyrrole nitrogens is 1. The quantitative estimate of drug-likeness (QED) is 0.835. The highest BCUT2D eigenvalue weighted by Crippen LogP contribution is 2.23. The second kappa shape index (κ2) is 8.12. The molecular formula is C19H27ClFN5O. The van der Waals surface area contributed by atoms with E-state index >= 15 is 0 Å². The zero-order valence-electron chi connectivity index (χ0n) is 16.1. The van der Waals surface area contributed by atoms with Crippen LogP contribution in [0.1, 0.15) is 33.0 Å². The smallest absolute Gasteiger partial charge is 0.234 e. The van der Waals surface area contributed by atoms with Gasteiger partial charge in [-0.15, -0.1) is 0 Å². The molecule has 0 aliphatic carbocycles. The summed E-state index contributed by atoms with van der Waals surface area (Å²) >= 11 is 6.08. The molecule has 1 aliphatic heterocycles. The van der Waals surface area contributed by atoms with Gasteiger partial charge in [-0.05, 0) is 52.4 Å². The van der Waals surface area contributed by atoms with Crippen molar-refractivity contribution < 1.29 is 9.18 Å². The van der Waals surface area contributed by atoms with Gasteiger partial charge in [-0.3, -0.25) is 14.6 Å². The molecule has 3 rings (SSSR count). The molecule has 0 saturated carbocycles. The monoisotopic (exact) mass is 395 g/mol. The maximum absolute atomic E-state index is 13.5. The van der Waals surface area contributed by atoms with Crippen LogP contribution in [0.15, 0.2) is 12.1 Å². The second-order valence-corrected chi connectivity index (χ2v) is 8.58. The molecule has 1 fully saturated rings. The van der Waals surface area contributed by atoms with Gasteiger partial charge in [0.1, 0.15) is 17.2 Å². The average Bonchev–Trinajstić information content (AvgIpc) is 2.80. The molecule has 148 valence electrons. The molecule has 0 unspecified atom stereocenters. The number of benzene rings is 1. The first-order valence-corrected chi connectivity index (χ1v) is 9.67. The fourth-order valence-electron chi connectivity index (χ4n) is 3.38. The van der Waals surface area contributed by atoms with E-state index in [9.17, 15) is 9.18 Å². The topological polar surface area (TPSA) is 64.3 Å². The fraction of sp³-hybridized carbons (Fsp3) is 0.579. The van der Waals surface area contributed by atoms with Gasteiger partial charge in [0.15, 0.2) is 0 Å². The molecule has 2 N–H and O–H groups in total. The summed E-state index contributed by atoms with van der Waals surface area (Å²) in [5.41, 5.74) is 1.01. The highest BCUT2D eigenvalue weighted by atomic mass is 35.5. The molecule has 2 aromatic rings. The van der Waals surface area contributed by atoms with E-state index in [0.717, 1.165) is 38.4 Å². The van der Waals surface area contributed by atoms with E-state index in [-0.39, 0.29) is 17.3 Å². The number of halogens is 2. The number of aromatic amines is 1. The molecule has 0 atom stereocenters. The first-order valence-electron chi connectivity index (χ1n) is 9.29. The highest BCUT2D eigenvalue weighted by molar-refractivity contribution is 6.34. The zero-order chi connectivity index (χ0) is 19.6. The predicted octanol–water partition coefficient (Wildman–Crippen LogP) is 2.78. The summed E-state index contributed by atoms with van der Waals surface area (Å²) in [5.74, 6) is 0.461. The van der Waals surface area contributed by atoms with Crippen LogP contribution in [0.2, 0.25) is 5.02 Å². The number of fused-ring (bicyclic) bond motifs is 1. The lowest BCUT2D eigenvalue weighted by atomic mass is 10.1. The van der Waals surface area contributed by atoms with Gasteiger partial charge in [0.2, 0.25) is 5.91 Å². The van der Waals surface area contributed by atoms with Crippen molar-refractivity contribution in [3.05, 3.63) is 28.8 Å². The molecule has 8 heteroatoms. The molecule has 1 aliphatic rings. The van der Waals surface area contributed by atoms with Gasteiger partial charge in [0.25, 0.3) is 0 Å². The Balaban J connectivity index is 1.57. The number of hydrogen-bond acceptors (Lipinski definition) is 4. The number of imidazole rings is 1. The van der Waals surface area contributed by atoms with Gasteiger partial charge in [-0.2, -0.15) is 0 Å². The van der Waals surface area contributed by atoms with Crippen molar-refractivity contribution in [1.82, 2.24) is 25.1 Å². The van der Waals surface area contributed by atoms with Crippen LogP contribution >= 0.6 is 11.6 Å². The summed E-state index contributed by atoms with van der Waals surface area (Å²) in [5, 5.41) is 3.33. The fourth-order valence-corrected chi connectivity index (χ4v) is 3.63. The van der Waals surface area contributed by atoms with Gasteiger partial charge >= 0.3 is 0 Å². The molecule has 1 aromatic carbocycles. The van der Waals surface area contributed by atoms with Crippen molar-refractivity contribution in [2.24, 2.45) is 0 Å². The predicted molar refractivity (Wildman–Crippen MR) is 105 cm³/mol. The maximum Gasteiger partial charge on any atom is 0.234 e. The summed E-state index contributed by atoms with van der Waals surface area (Å²) in [7, 11) is 0. The Bertz CT molecular complexity index is 816. The Morgan fingerprint density at radius 3 is 2.70 bits per heavy atom. The molecule has 0 radical (unpaired) electrons. The van der Waals surface area contributed by atoms with Crippen LogP contribution < -0.4 is 5.32 Å². The van der Waals surface area contributed by atoms with Crippen molar-refractivity contribution in [2.45, 2.75) is 39.3 Å². The van der Waals surface area contributed by atoms with E-state index < -0.39 is 0 Å². The molecule has 2 heterocycles. The van der Waals surface area contributed by atoms with Crippen LogP contribution in [-0.2, 0) is 11.3 Å².